The Morgan fingerprint density at radius 3 is 2.56 bits per heavy atom. The van der Waals surface area contributed by atoms with Crippen molar-refractivity contribution in [1.29, 1.82) is 0 Å². The smallest absolute Gasteiger partial charge is 0.326 e. The van der Waals surface area contributed by atoms with E-state index in [1.54, 1.807) is 0 Å². The fourth-order valence-electron chi connectivity index (χ4n) is 1.21. The molecule has 18 heavy (non-hydrogen) atoms. The van der Waals surface area contributed by atoms with E-state index in [0.29, 0.717) is 0 Å². The van der Waals surface area contributed by atoms with E-state index < -0.39 is 29.2 Å². The van der Waals surface area contributed by atoms with Gasteiger partial charge in [-0.3, -0.25) is 14.6 Å². The lowest BCUT2D eigenvalue weighted by Crippen LogP contribution is -2.42. The maximum atomic E-state index is 11.6. The summed E-state index contributed by atoms with van der Waals surface area (Å²) in [6, 6.07) is -0.256. The molecule has 0 aliphatic heterocycles. The lowest BCUT2D eigenvalue weighted by molar-refractivity contribution is -0.139. The largest absolute Gasteiger partial charge is 0.480 e. The molecule has 1 aromatic rings. The fourth-order valence-corrected chi connectivity index (χ4v) is 1.47. The van der Waals surface area contributed by atoms with E-state index in [9.17, 15) is 19.2 Å². The van der Waals surface area contributed by atoms with Crippen LogP contribution in [0.2, 0.25) is 0 Å². The van der Waals surface area contributed by atoms with Crippen LogP contribution in [0.4, 0.5) is 0 Å². The van der Waals surface area contributed by atoms with Crippen LogP contribution >= 0.6 is 12.6 Å². The van der Waals surface area contributed by atoms with Crippen LogP contribution < -0.4 is 16.6 Å². The third-order valence-corrected chi connectivity index (χ3v) is 2.28. The van der Waals surface area contributed by atoms with Crippen molar-refractivity contribution in [1.82, 2.24) is 15.3 Å². The van der Waals surface area contributed by atoms with Crippen molar-refractivity contribution in [2.45, 2.75) is 12.5 Å². The van der Waals surface area contributed by atoms with Gasteiger partial charge in [0.25, 0.3) is 11.5 Å². The van der Waals surface area contributed by atoms with E-state index in [1.807, 2.05) is 4.98 Å². The molecule has 1 atom stereocenters. The molecule has 4 N–H and O–H groups in total. The molecule has 0 radical (unpaired) electrons. The molecular formula is C9H11N3O5S. The molecule has 1 unspecified atom stereocenters. The Morgan fingerprint density at radius 1 is 1.39 bits per heavy atom. The van der Waals surface area contributed by atoms with Crippen molar-refractivity contribution in [2.24, 2.45) is 0 Å². The number of rotatable bonds is 5. The number of hydrogen-bond donors (Lipinski definition) is 5. The summed E-state index contributed by atoms with van der Waals surface area (Å²) in [6.07, 6.45) is 0.123. The molecule has 1 heterocycles. The van der Waals surface area contributed by atoms with Gasteiger partial charge in [0.15, 0.2) is 0 Å². The second kappa shape index (κ2) is 6.05. The van der Waals surface area contributed by atoms with Gasteiger partial charge in [0.2, 0.25) is 0 Å². The Hall–Kier alpha value is -2.03. The highest BCUT2D eigenvalue weighted by molar-refractivity contribution is 7.80. The van der Waals surface area contributed by atoms with E-state index in [-0.39, 0.29) is 17.9 Å². The summed E-state index contributed by atoms with van der Waals surface area (Å²) in [7, 11) is 0. The minimum Gasteiger partial charge on any atom is -0.480 e. The zero-order chi connectivity index (χ0) is 13.7. The number of carboxylic acid groups (broad SMARTS) is 1. The van der Waals surface area contributed by atoms with Gasteiger partial charge in [-0.25, -0.2) is 9.59 Å². The van der Waals surface area contributed by atoms with Crippen LogP contribution in [-0.4, -0.2) is 38.7 Å². The molecule has 0 aliphatic rings. The number of amides is 1. The fraction of sp³-hybridized carbons (Fsp3) is 0.333. The molecular weight excluding hydrogens is 262 g/mol. The van der Waals surface area contributed by atoms with Gasteiger partial charge < -0.3 is 15.4 Å². The average Bonchev–Trinajstić information content (AvgIpc) is 2.26. The third-order valence-electron chi connectivity index (χ3n) is 2.03. The first-order chi connectivity index (χ1) is 8.43. The van der Waals surface area contributed by atoms with Gasteiger partial charge in [-0.1, -0.05) is 0 Å². The second-order valence-electron chi connectivity index (χ2n) is 3.38. The Morgan fingerprint density at radius 2 is 2.06 bits per heavy atom. The molecule has 98 valence electrons. The first-order valence-electron chi connectivity index (χ1n) is 4.92. The number of carbonyl (C=O) groups is 2. The van der Waals surface area contributed by atoms with Gasteiger partial charge in [0.1, 0.15) is 11.7 Å². The number of carbonyl (C=O) groups excluding carboxylic acids is 1. The maximum Gasteiger partial charge on any atom is 0.326 e. The Bertz CT molecular complexity index is 536. The predicted octanol–water partition coefficient (Wildman–Crippen LogP) is -1.43. The van der Waals surface area contributed by atoms with Gasteiger partial charge >= 0.3 is 11.7 Å². The number of aromatic amines is 2. The first-order valence-corrected chi connectivity index (χ1v) is 5.55. The Labute approximate surface area is 106 Å². The Kier molecular flexibility index (Phi) is 4.72. The zero-order valence-corrected chi connectivity index (χ0v) is 9.99. The topological polar surface area (TPSA) is 132 Å². The van der Waals surface area contributed by atoms with E-state index >= 15 is 0 Å². The number of thiol groups is 1. The standard InChI is InChI=1S/C9H11N3O5S/c13-6-3-5(11-9(17)12-6)7(14)10-4(1-2-18)8(15)16/h3-4,18H,1-2H2,(H,10,14)(H,15,16)(H2,11,12,13,17). The highest BCUT2D eigenvalue weighted by atomic mass is 32.1. The molecule has 8 nitrogen and oxygen atoms in total. The lowest BCUT2D eigenvalue weighted by atomic mass is 10.2. The molecule has 9 heteroatoms. The van der Waals surface area contributed by atoms with Gasteiger partial charge in [-0.2, -0.15) is 12.6 Å². The maximum absolute atomic E-state index is 11.6. The molecule has 0 saturated heterocycles. The summed E-state index contributed by atoms with van der Waals surface area (Å²) in [5.74, 6) is -1.79. The summed E-state index contributed by atoms with van der Waals surface area (Å²) in [4.78, 5) is 48.3. The van der Waals surface area contributed by atoms with Crippen molar-refractivity contribution in [3.63, 3.8) is 0 Å². The van der Waals surface area contributed by atoms with Crippen LogP contribution in [0.25, 0.3) is 0 Å². The molecule has 0 aromatic carbocycles. The summed E-state index contributed by atoms with van der Waals surface area (Å²) in [5, 5.41) is 11.0. The number of hydrogen-bond acceptors (Lipinski definition) is 5. The number of aromatic nitrogens is 2. The minimum absolute atomic E-state index is 0.123. The second-order valence-corrected chi connectivity index (χ2v) is 3.83. The number of aliphatic carboxylic acids is 1. The highest BCUT2D eigenvalue weighted by Crippen LogP contribution is 1.97. The molecule has 0 saturated carbocycles. The molecule has 0 bridgehead atoms. The van der Waals surface area contributed by atoms with Crippen LogP contribution in [0, 0.1) is 0 Å². The van der Waals surface area contributed by atoms with Crippen LogP contribution in [0.5, 0.6) is 0 Å². The number of carboxylic acids is 1. The third kappa shape index (κ3) is 3.77. The van der Waals surface area contributed by atoms with Gasteiger partial charge in [-0.05, 0) is 12.2 Å². The normalized spacial score (nSPS) is 11.8. The SMILES string of the molecule is O=C(NC(CCS)C(=O)O)c1cc(=O)[nH]c(=O)[nH]1. The summed E-state index contributed by atoms with van der Waals surface area (Å²) < 4.78 is 0. The predicted molar refractivity (Wildman–Crippen MR) is 65.0 cm³/mol. The number of nitrogens with one attached hydrogen (secondary N) is 3. The quantitative estimate of drug-likeness (QED) is 0.419. The molecule has 1 amide bonds. The van der Waals surface area contributed by atoms with Crippen LogP contribution in [0.1, 0.15) is 16.9 Å². The van der Waals surface area contributed by atoms with E-state index in [4.69, 9.17) is 5.11 Å². The van der Waals surface area contributed by atoms with Crippen LogP contribution in [0.3, 0.4) is 0 Å². The molecule has 0 spiro atoms. The van der Waals surface area contributed by atoms with Crippen molar-refractivity contribution < 1.29 is 14.7 Å². The monoisotopic (exact) mass is 273 g/mol. The molecule has 1 rings (SSSR count). The van der Waals surface area contributed by atoms with E-state index in [2.05, 4.69) is 22.9 Å². The van der Waals surface area contributed by atoms with Gasteiger partial charge in [0, 0.05) is 6.07 Å². The minimum atomic E-state index is -1.22. The van der Waals surface area contributed by atoms with Crippen molar-refractivity contribution in [3.05, 3.63) is 32.6 Å². The van der Waals surface area contributed by atoms with Crippen LogP contribution in [0.15, 0.2) is 15.7 Å². The molecule has 0 fully saturated rings. The van der Waals surface area contributed by atoms with Crippen LogP contribution in [-0.2, 0) is 4.79 Å². The zero-order valence-electron chi connectivity index (χ0n) is 9.10. The molecule has 0 aliphatic carbocycles. The molecule has 1 aromatic heterocycles. The van der Waals surface area contributed by atoms with Gasteiger partial charge in [0.05, 0.1) is 0 Å². The van der Waals surface area contributed by atoms with Crippen molar-refractivity contribution >= 4 is 24.5 Å². The van der Waals surface area contributed by atoms with Crippen molar-refractivity contribution in [3.8, 4) is 0 Å². The van der Waals surface area contributed by atoms with E-state index in [1.165, 1.54) is 0 Å². The summed E-state index contributed by atoms with van der Waals surface area (Å²) >= 11 is 3.87. The summed E-state index contributed by atoms with van der Waals surface area (Å²) in [6.45, 7) is 0. The Balaban J connectivity index is 2.90. The number of H-pyrrole nitrogens is 2. The lowest BCUT2D eigenvalue weighted by Gasteiger charge is -2.12. The van der Waals surface area contributed by atoms with Gasteiger partial charge in [-0.15, -0.1) is 0 Å². The summed E-state index contributed by atoms with van der Waals surface area (Å²) in [5.41, 5.74) is -1.88. The first kappa shape index (κ1) is 14.0. The van der Waals surface area contributed by atoms with E-state index in [0.717, 1.165) is 6.07 Å². The average molecular weight is 273 g/mol. The van der Waals surface area contributed by atoms with Crippen molar-refractivity contribution in [2.75, 3.05) is 5.75 Å². The highest BCUT2D eigenvalue weighted by Gasteiger charge is 2.20.